The Bertz CT molecular complexity index is 681. The summed E-state index contributed by atoms with van der Waals surface area (Å²) < 4.78 is 1.73. The summed E-state index contributed by atoms with van der Waals surface area (Å²) in [4.78, 5) is 16.2. The van der Waals surface area contributed by atoms with E-state index in [2.05, 4.69) is 22.3 Å². The quantitative estimate of drug-likeness (QED) is 0.907. The summed E-state index contributed by atoms with van der Waals surface area (Å²) in [6.07, 6.45) is 6.66. The van der Waals surface area contributed by atoms with Gasteiger partial charge in [-0.25, -0.2) is 14.3 Å². The number of aryl methyl sites for hydroxylation is 1. The standard InChI is InChI=1S/C15H20N4O2/c1-10-4-3-5-15(9-10,14(20)21)17-13-12-8-11(2)18-19(12)7-6-16-13/h6-8,10H,3-5,9H2,1-2H3,(H,16,17)(H,20,21). The Morgan fingerprint density at radius 1 is 1.57 bits per heavy atom. The van der Waals surface area contributed by atoms with E-state index < -0.39 is 11.5 Å². The molecule has 0 radical (unpaired) electrons. The number of fused-ring (bicyclic) bond motifs is 1. The SMILES string of the molecule is Cc1cc2c(NC3(C(=O)O)CCCC(C)C3)nccn2n1. The molecule has 0 saturated heterocycles. The smallest absolute Gasteiger partial charge is 0.329 e. The van der Waals surface area contributed by atoms with Crippen LogP contribution in [0.3, 0.4) is 0 Å². The molecule has 2 unspecified atom stereocenters. The van der Waals surface area contributed by atoms with Crippen molar-refractivity contribution in [1.29, 1.82) is 0 Å². The van der Waals surface area contributed by atoms with E-state index in [0.717, 1.165) is 24.1 Å². The zero-order valence-electron chi connectivity index (χ0n) is 12.3. The monoisotopic (exact) mass is 288 g/mol. The molecular weight excluding hydrogens is 268 g/mol. The van der Waals surface area contributed by atoms with Gasteiger partial charge in [0.25, 0.3) is 0 Å². The Morgan fingerprint density at radius 2 is 2.38 bits per heavy atom. The molecule has 1 aliphatic rings. The highest BCUT2D eigenvalue weighted by Gasteiger charge is 2.42. The van der Waals surface area contributed by atoms with Gasteiger partial charge < -0.3 is 10.4 Å². The summed E-state index contributed by atoms with van der Waals surface area (Å²) in [5, 5.41) is 17.3. The van der Waals surface area contributed by atoms with Crippen LogP contribution < -0.4 is 5.32 Å². The van der Waals surface area contributed by atoms with E-state index in [-0.39, 0.29) is 0 Å². The van der Waals surface area contributed by atoms with E-state index in [1.54, 1.807) is 16.9 Å². The van der Waals surface area contributed by atoms with Gasteiger partial charge in [-0.1, -0.05) is 19.8 Å². The molecule has 2 aromatic heterocycles. The molecule has 0 aromatic carbocycles. The summed E-state index contributed by atoms with van der Waals surface area (Å²) in [5.74, 6) is 0.192. The van der Waals surface area contributed by atoms with Crippen LogP contribution >= 0.6 is 0 Å². The summed E-state index contributed by atoms with van der Waals surface area (Å²) in [6.45, 7) is 4.02. The van der Waals surface area contributed by atoms with Crippen LogP contribution in [0.25, 0.3) is 5.52 Å². The fourth-order valence-corrected chi connectivity index (χ4v) is 3.28. The Morgan fingerprint density at radius 3 is 3.10 bits per heavy atom. The van der Waals surface area contributed by atoms with Crippen molar-refractivity contribution in [2.45, 2.75) is 45.1 Å². The van der Waals surface area contributed by atoms with Gasteiger partial charge in [0.1, 0.15) is 11.1 Å². The summed E-state index contributed by atoms with van der Waals surface area (Å²) in [7, 11) is 0. The minimum atomic E-state index is -0.926. The number of aromatic nitrogens is 3. The first-order valence-electron chi connectivity index (χ1n) is 7.33. The van der Waals surface area contributed by atoms with Crippen LogP contribution in [0.4, 0.5) is 5.82 Å². The van der Waals surface area contributed by atoms with Gasteiger partial charge in [0, 0.05) is 12.4 Å². The van der Waals surface area contributed by atoms with E-state index in [1.807, 2.05) is 13.0 Å². The molecule has 2 aromatic rings. The zero-order chi connectivity index (χ0) is 15.0. The van der Waals surface area contributed by atoms with Crippen molar-refractivity contribution < 1.29 is 9.90 Å². The molecule has 3 rings (SSSR count). The van der Waals surface area contributed by atoms with Crippen LogP contribution in [0.5, 0.6) is 0 Å². The van der Waals surface area contributed by atoms with Crippen molar-refractivity contribution in [3.05, 3.63) is 24.2 Å². The molecule has 2 N–H and O–H groups in total. The molecule has 6 nitrogen and oxygen atoms in total. The third kappa shape index (κ3) is 2.46. The maximum Gasteiger partial charge on any atom is 0.329 e. The highest BCUT2D eigenvalue weighted by molar-refractivity contribution is 5.84. The van der Waals surface area contributed by atoms with Crippen molar-refractivity contribution in [2.24, 2.45) is 5.92 Å². The fourth-order valence-electron chi connectivity index (χ4n) is 3.28. The maximum atomic E-state index is 11.9. The van der Waals surface area contributed by atoms with Gasteiger partial charge in [0.2, 0.25) is 0 Å². The highest BCUT2D eigenvalue weighted by atomic mass is 16.4. The van der Waals surface area contributed by atoms with Gasteiger partial charge in [-0.05, 0) is 31.7 Å². The highest BCUT2D eigenvalue weighted by Crippen LogP contribution is 2.35. The number of carbonyl (C=O) groups is 1. The molecule has 21 heavy (non-hydrogen) atoms. The largest absolute Gasteiger partial charge is 0.480 e. The minimum absolute atomic E-state index is 0.397. The van der Waals surface area contributed by atoms with Crippen molar-refractivity contribution in [1.82, 2.24) is 14.6 Å². The number of hydrogen-bond donors (Lipinski definition) is 2. The molecule has 1 fully saturated rings. The number of aliphatic carboxylic acids is 1. The maximum absolute atomic E-state index is 11.9. The van der Waals surface area contributed by atoms with Crippen molar-refractivity contribution in [3.63, 3.8) is 0 Å². The van der Waals surface area contributed by atoms with Gasteiger partial charge in [0.15, 0.2) is 5.82 Å². The molecule has 0 amide bonds. The van der Waals surface area contributed by atoms with Gasteiger partial charge in [-0.2, -0.15) is 5.10 Å². The molecule has 0 spiro atoms. The van der Waals surface area contributed by atoms with E-state index in [9.17, 15) is 9.90 Å². The topological polar surface area (TPSA) is 79.5 Å². The predicted molar refractivity (Wildman–Crippen MR) is 79.3 cm³/mol. The summed E-state index contributed by atoms with van der Waals surface area (Å²) >= 11 is 0. The lowest BCUT2D eigenvalue weighted by Crippen LogP contribution is -2.49. The van der Waals surface area contributed by atoms with Crippen LogP contribution in [0.15, 0.2) is 18.5 Å². The van der Waals surface area contributed by atoms with Crippen molar-refractivity contribution in [2.75, 3.05) is 5.32 Å². The number of nitrogens with zero attached hydrogens (tertiary/aromatic N) is 3. The van der Waals surface area contributed by atoms with Gasteiger partial charge in [-0.15, -0.1) is 0 Å². The first kappa shape index (κ1) is 13.9. The lowest BCUT2D eigenvalue weighted by Gasteiger charge is -2.37. The first-order valence-corrected chi connectivity index (χ1v) is 7.33. The van der Waals surface area contributed by atoms with Crippen LogP contribution in [0, 0.1) is 12.8 Å². The Labute approximate surface area is 123 Å². The second kappa shape index (κ2) is 5.02. The number of nitrogens with one attached hydrogen (secondary N) is 1. The average molecular weight is 288 g/mol. The molecular formula is C15H20N4O2. The van der Waals surface area contributed by atoms with E-state index in [1.165, 1.54) is 0 Å². The Kier molecular flexibility index (Phi) is 3.31. The van der Waals surface area contributed by atoms with E-state index in [4.69, 9.17) is 0 Å². The molecule has 6 heteroatoms. The molecule has 1 saturated carbocycles. The van der Waals surface area contributed by atoms with Crippen LogP contribution in [-0.4, -0.2) is 31.2 Å². The average Bonchev–Trinajstić information content (AvgIpc) is 2.80. The summed E-state index contributed by atoms with van der Waals surface area (Å²) in [5.41, 5.74) is 0.770. The third-order valence-corrected chi connectivity index (χ3v) is 4.28. The predicted octanol–water partition coefficient (Wildman–Crippen LogP) is 2.48. The second-order valence-corrected chi connectivity index (χ2v) is 6.11. The number of rotatable bonds is 3. The Balaban J connectivity index is 2.00. The minimum Gasteiger partial charge on any atom is -0.480 e. The fraction of sp³-hybridized carbons (Fsp3) is 0.533. The van der Waals surface area contributed by atoms with Crippen molar-refractivity contribution in [3.8, 4) is 0 Å². The van der Waals surface area contributed by atoms with Crippen molar-refractivity contribution >= 4 is 17.3 Å². The molecule has 2 atom stereocenters. The van der Waals surface area contributed by atoms with Crippen LogP contribution in [0.2, 0.25) is 0 Å². The van der Waals surface area contributed by atoms with Crippen LogP contribution in [-0.2, 0) is 4.79 Å². The lowest BCUT2D eigenvalue weighted by molar-refractivity contribution is -0.144. The van der Waals surface area contributed by atoms with E-state index >= 15 is 0 Å². The molecule has 0 bridgehead atoms. The number of hydrogen-bond acceptors (Lipinski definition) is 4. The lowest BCUT2D eigenvalue weighted by atomic mass is 9.76. The van der Waals surface area contributed by atoms with Crippen LogP contribution in [0.1, 0.15) is 38.3 Å². The second-order valence-electron chi connectivity index (χ2n) is 6.11. The van der Waals surface area contributed by atoms with Gasteiger partial charge in [0.05, 0.1) is 5.69 Å². The van der Waals surface area contributed by atoms with E-state index in [0.29, 0.717) is 24.6 Å². The first-order chi connectivity index (χ1) is 10.00. The van der Waals surface area contributed by atoms with Gasteiger partial charge in [-0.3, -0.25) is 0 Å². The Hall–Kier alpha value is -2.11. The molecule has 0 aliphatic heterocycles. The molecule has 112 valence electrons. The molecule has 2 heterocycles. The zero-order valence-corrected chi connectivity index (χ0v) is 12.3. The molecule has 1 aliphatic carbocycles. The number of anilines is 1. The number of carboxylic acid groups (broad SMARTS) is 1. The number of carboxylic acids is 1. The summed E-state index contributed by atoms with van der Waals surface area (Å²) in [6, 6.07) is 1.91. The van der Waals surface area contributed by atoms with Gasteiger partial charge >= 0.3 is 5.97 Å². The normalized spacial score (nSPS) is 25.9. The third-order valence-electron chi connectivity index (χ3n) is 4.28.